The number of nitrogens with one attached hydrogen (secondary N) is 4. The summed E-state index contributed by atoms with van der Waals surface area (Å²) in [4.78, 5) is 35.6. The summed E-state index contributed by atoms with van der Waals surface area (Å²) in [5.74, 6) is -3.10. The van der Waals surface area contributed by atoms with Crippen LogP contribution in [-0.4, -0.2) is 64.7 Å². The molecule has 0 bridgehead atoms. The molecule has 0 unspecified atom stereocenters. The third kappa shape index (κ3) is 8.62. The number of hydrogen-bond donors (Lipinski definition) is 8. The van der Waals surface area contributed by atoms with Gasteiger partial charge in [0.25, 0.3) is 0 Å². The highest BCUT2D eigenvalue weighted by Gasteiger charge is 2.31. The lowest BCUT2D eigenvalue weighted by Gasteiger charge is -2.25. The molecule has 0 spiro atoms. The maximum Gasteiger partial charge on any atom is 0.326 e. The van der Waals surface area contributed by atoms with Crippen LogP contribution in [0.5, 0.6) is 0 Å². The second kappa shape index (κ2) is 11.3. The molecule has 4 atom stereocenters. The van der Waals surface area contributed by atoms with E-state index in [0.29, 0.717) is 6.42 Å². The molecule has 0 saturated heterocycles. The lowest BCUT2D eigenvalue weighted by molar-refractivity contribution is -0.143. The normalized spacial score (nSPS) is 15.5. The van der Waals surface area contributed by atoms with Crippen molar-refractivity contribution in [3.05, 3.63) is 0 Å². The van der Waals surface area contributed by atoms with Crippen LogP contribution < -0.4 is 27.4 Å². The molecule has 2 amide bonds. The van der Waals surface area contributed by atoms with E-state index in [9.17, 15) is 24.6 Å². The van der Waals surface area contributed by atoms with Gasteiger partial charge in [0.05, 0.1) is 12.1 Å². The highest BCUT2D eigenvalue weighted by molar-refractivity contribution is 5.92. The van der Waals surface area contributed by atoms with Gasteiger partial charge in [-0.1, -0.05) is 13.8 Å². The average molecular weight is 374 g/mol. The lowest BCUT2D eigenvalue weighted by atomic mass is 10.0. The zero-order valence-electron chi connectivity index (χ0n) is 15.3. The van der Waals surface area contributed by atoms with Crippen LogP contribution in [0.25, 0.3) is 0 Å². The lowest BCUT2D eigenvalue weighted by Crippen LogP contribution is -2.58. The molecule has 0 saturated carbocycles. The van der Waals surface area contributed by atoms with Gasteiger partial charge in [0, 0.05) is 6.54 Å². The maximum atomic E-state index is 12.3. The fraction of sp³-hybridized carbons (Fsp3) is 0.733. The zero-order chi connectivity index (χ0) is 20.4. The molecule has 150 valence electrons. The first-order chi connectivity index (χ1) is 12.0. The first-order valence-electron chi connectivity index (χ1n) is 8.32. The van der Waals surface area contributed by atoms with Gasteiger partial charge in [-0.2, -0.15) is 0 Å². The van der Waals surface area contributed by atoms with Gasteiger partial charge in [-0.15, -0.1) is 0 Å². The summed E-state index contributed by atoms with van der Waals surface area (Å²) in [5.41, 5.74) is 10.8. The van der Waals surface area contributed by atoms with Crippen LogP contribution in [0.2, 0.25) is 0 Å². The molecule has 11 nitrogen and oxygen atoms in total. The Kier molecular flexibility index (Phi) is 10.2. The van der Waals surface area contributed by atoms with E-state index in [0.717, 1.165) is 0 Å². The molecule has 0 aliphatic rings. The van der Waals surface area contributed by atoms with Crippen molar-refractivity contribution >= 4 is 23.7 Å². The number of carbonyl (C=O) groups is 3. The maximum absolute atomic E-state index is 12.3. The molecule has 0 rings (SSSR count). The van der Waals surface area contributed by atoms with Crippen LogP contribution in [0.3, 0.4) is 0 Å². The highest BCUT2D eigenvalue weighted by atomic mass is 16.4. The molecule has 0 aliphatic heterocycles. The molecule has 0 aromatic heterocycles. The van der Waals surface area contributed by atoms with E-state index in [1.165, 1.54) is 6.92 Å². The van der Waals surface area contributed by atoms with Crippen molar-refractivity contribution in [3.8, 4) is 0 Å². The Hall–Kier alpha value is -2.40. The van der Waals surface area contributed by atoms with Gasteiger partial charge in [0.1, 0.15) is 12.1 Å². The smallest absolute Gasteiger partial charge is 0.326 e. The van der Waals surface area contributed by atoms with E-state index >= 15 is 0 Å². The number of aliphatic hydroxyl groups excluding tert-OH is 1. The van der Waals surface area contributed by atoms with Gasteiger partial charge in [0.15, 0.2) is 5.96 Å². The van der Waals surface area contributed by atoms with Crippen molar-refractivity contribution in [2.75, 3.05) is 6.54 Å². The first kappa shape index (κ1) is 23.6. The number of aliphatic carboxylic acids is 1. The Bertz CT molecular complexity index is 511. The van der Waals surface area contributed by atoms with Crippen molar-refractivity contribution in [3.63, 3.8) is 0 Å². The molecule has 0 aromatic rings. The van der Waals surface area contributed by atoms with E-state index in [4.69, 9.17) is 16.9 Å². The minimum Gasteiger partial charge on any atom is -0.480 e. The molecule has 0 aliphatic carbocycles. The van der Waals surface area contributed by atoms with Crippen LogP contribution in [0.15, 0.2) is 0 Å². The summed E-state index contributed by atoms with van der Waals surface area (Å²) in [7, 11) is 0. The van der Waals surface area contributed by atoms with Gasteiger partial charge in [0.2, 0.25) is 11.8 Å². The van der Waals surface area contributed by atoms with Crippen molar-refractivity contribution in [2.45, 2.75) is 57.8 Å². The predicted octanol–water partition coefficient (Wildman–Crippen LogP) is -2.33. The molecule has 11 heteroatoms. The fourth-order valence-corrected chi connectivity index (χ4v) is 2.01. The number of aliphatic hydroxyl groups is 1. The second-order valence-electron chi connectivity index (χ2n) is 6.38. The minimum atomic E-state index is -1.33. The van der Waals surface area contributed by atoms with Crippen molar-refractivity contribution in [1.82, 2.24) is 16.0 Å². The summed E-state index contributed by atoms with van der Waals surface area (Å²) in [6.45, 7) is 5.04. The fourth-order valence-electron chi connectivity index (χ4n) is 2.01. The Morgan fingerprint density at radius 3 is 2.12 bits per heavy atom. The Balaban J connectivity index is 4.85. The third-order valence-electron chi connectivity index (χ3n) is 3.68. The predicted molar refractivity (Wildman–Crippen MR) is 95.1 cm³/mol. The molecular formula is C15H30N6O5. The zero-order valence-corrected chi connectivity index (χ0v) is 15.3. The third-order valence-corrected chi connectivity index (χ3v) is 3.68. The minimum absolute atomic E-state index is 0.0767. The van der Waals surface area contributed by atoms with Gasteiger partial charge < -0.3 is 37.6 Å². The van der Waals surface area contributed by atoms with Gasteiger partial charge >= 0.3 is 5.97 Å². The number of carbonyl (C=O) groups excluding carboxylic acids is 2. The molecule has 10 N–H and O–H groups in total. The monoisotopic (exact) mass is 374 g/mol. The van der Waals surface area contributed by atoms with Gasteiger partial charge in [-0.05, 0) is 25.7 Å². The molecule has 0 heterocycles. The molecule has 0 radical (unpaired) electrons. The van der Waals surface area contributed by atoms with E-state index in [1.807, 2.05) is 0 Å². The summed E-state index contributed by atoms with van der Waals surface area (Å²) >= 11 is 0. The first-order valence-corrected chi connectivity index (χ1v) is 8.32. The van der Waals surface area contributed by atoms with Crippen molar-refractivity contribution in [2.24, 2.45) is 17.4 Å². The Morgan fingerprint density at radius 1 is 1.12 bits per heavy atom. The van der Waals surface area contributed by atoms with E-state index in [2.05, 4.69) is 16.0 Å². The number of amides is 2. The highest BCUT2D eigenvalue weighted by Crippen LogP contribution is 2.03. The molecule has 0 fully saturated rings. The van der Waals surface area contributed by atoms with Crippen molar-refractivity contribution in [1.29, 1.82) is 5.41 Å². The summed E-state index contributed by atoms with van der Waals surface area (Å²) < 4.78 is 0. The van der Waals surface area contributed by atoms with Crippen LogP contribution in [0.4, 0.5) is 0 Å². The van der Waals surface area contributed by atoms with Crippen LogP contribution in [0, 0.1) is 11.3 Å². The van der Waals surface area contributed by atoms with E-state index < -0.39 is 42.0 Å². The van der Waals surface area contributed by atoms with Crippen molar-refractivity contribution < 1.29 is 24.6 Å². The van der Waals surface area contributed by atoms with E-state index in [1.54, 1.807) is 13.8 Å². The second-order valence-corrected chi connectivity index (χ2v) is 6.38. The topological polar surface area (TPSA) is 204 Å². The number of guanidine groups is 1. The van der Waals surface area contributed by atoms with Crippen LogP contribution in [-0.2, 0) is 14.4 Å². The van der Waals surface area contributed by atoms with Gasteiger partial charge in [-0.25, -0.2) is 4.79 Å². The quantitative estimate of drug-likeness (QED) is 0.112. The number of nitrogens with two attached hydrogens (primary N) is 2. The number of carboxylic acids is 1. The number of hydrogen-bond acceptors (Lipinski definition) is 6. The largest absolute Gasteiger partial charge is 0.480 e. The number of rotatable bonds is 11. The van der Waals surface area contributed by atoms with Crippen LogP contribution >= 0.6 is 0 Å². The summed E-state index contributed by atoms with van der Waals surface area (Å²) in [6, 6.07) is -3.41. The molecule has 26 heavy (non-hydrogen) atoms. The number of carboxylic acid groups (broad SMARTS) is 1. The molecule has 0 aromatic carbocycles. The Morgan fingerprint density at radius 2 is 1.69 bits per heavy atom. The molecular weight excluding hydrogens is 344 g/mol. The van der Waals surface area contributed by atoms with Gasteiger partial charge in [-0.3, -0.25) is 15.0 Å². The summed E-state index contributed by atoms with van der Waals surface area (Å²) in [6.07, 6.45) is -0.833. The Labute approximate surface area is 152 Å². The SMILES string of the molecule is CC(C)[C@H](N)C(=O)N[C@H](C(=O)N[C@@H](CCCNC(=N)N)C(=O)O)[C@@H](C)O. The van der Waals surface area contributed by atoms with Crippen LogP contribution in [0.1, 0.15) is 33.6 Å². The standard InChI is InChI=1S/C15H30N6O5/c1-7(2)10(16)12(23)21-11(8(3)22)13(24)20-9(14(25)26)5-4-6-19-15(17)18/h7-11,22H,4-6,16H2,1-3H3,(H,20,24)(H,21,23)(H,25,26)(H4,17,18,19)/t8-,9+,10+,11+/m1/s1. The average Bonchev–Trinajstić information content (AvgIpc) is 2.53. The summed E-state index contributed by atoms with van der Waals surface area (Å²) in [5, 5.41) is 33.2. The van der Waals surface area contributed by atoms with E-state index in [-0.39, 0.29) is 24.8 Å².